The van der Waals surface area contributed by atoms with Gasteiger partial charge >= 0.3 is 0 Å². The second-order valence-corrected chi connectivity index (χ2v) is 8.02. The molecule has 0 spiro atoms. The Morgan fingerprint density at radius 3 is 2.62 bits per heavy atom. The number of rotatable bonds is 10. The summed E-state index contributed by atoms with van der Waals surface area (Å²) in [5.74, 6) is 1.51. The number of nitrogens with zero attached hydrogens (tertiary/aromatic N) is 4. The maximum Gasteiger partial charge on any atom is 0.127 e. The smallest absolute Gasteiger partial charge is 0.127 e. The number of likely N-dealkylation sites (tertiary alicyclic amines) is 1. The molecule has 160 valence electrons. The van der Waals surface area contributed by atoms with Crippen molar-refractivity contribution in [2.75, 3.05) is 40.4 Å². The average molecular weight is 403 g/mol. The lowest BCUT2D eigenvalue weighted by Crippen LogP contribution is -2.33. The summed E-state index contributed by atoms with van der Waals surface area (Å²) in [6.45, 7) is 6.61. The highest BCUT2D eigenvalue weighted by Gasteiger charge is 2.17. The quantitative estimate of drug-likeness (QED) is 0.657. The molecule has 0 amide bonds. The minimum absolute atomic E-state index is 0.279. The molecule has 1 aromatic carbocycles. The van der Waals surface area contributed by atoms with Crippen LogP contribution in [-0.2, 0) is 20.1 Å². The summed E-state index contributed by atoms with van der Waals surface area (Å²) < 4.78 is 13.3. The number of aliphatic hydroxyl groups is 1. The van der Waals surface area contributed by atoms with Gasteiger partial charge in [0.05, 0.1) is 18.5 Å². The van der Waals surface area contributed by atoms with Crippen LogP contribution in [0.4, 0.5) is 0 Å². The van der Waals surface area contributed by atoms with Crippen LogP contribution < -0.4 is 9.47 Å². The number of benzene rings is 1. The van der Waals surface area contributed by atoms with E-state index in [1.165, 1.54) is 18.5 Å². The third-order valence-corrected chi connectivity index (χ3v) is 5.34. The van der Waals surface area contributed by atoms with Gasteiger partial charge in [0.1, 0.15) is 24.2 Å². The van der Waals surface area contributed by atoms with Crippen LogP contribution in [0.5, 0.6) is 11.5 Å². The van der Waals surface area contributed by atoms with Crippen molar-refractivity contribution < 1.29 is 14.6 Å². The number of aliphatic hydroxyl groups excluding tert-OH is 1. The molecule has 2 heterocycles. The van der Waals surface area contributed by atoms with E-state index < -0.39 is 6.10 Å². The number of aromatic nitrogens is 2. The molecule has 1 aliphatic heterocycles. The van der Waals surface area contributed by atoms with Gasteiger partial charge in [0.15, 0.2) is 0 Å². The van der Waals surface area contributed by atoms with E-state index in [1.54, 1.807) is 7.11 Å². The van der Waals surface area contributed by atoms with Gasteiger partial charge in [0.25, 0.3) is 0 Å². The fraction of sp³-hybridized carbons (Fsp3) is 0.591. The SMILES string of the molecule is COc1ccc(CN(C)Cc2cc(C)nn2C)c(OCC(O)CN2CCCC2)c1. The first-order chi connectivity index (χ1) is 13.9. The zero-order chi connectivity index (χ0) is 20.8. The van der Waals surface area contributed by atoms with Crippen molar-refractivity contribution >= 4 is 0 Å². The van der Waals surface area contributed by atoms with E-state index in [1.807, 2.05) is 36.9 Å². The zero-order valence-corrected chi connectivity index (χ0v) is 18.1. The molecule has 7 heteroatoms. The molecule has 0 radical (unpaired) electrons. The van der Waals surface area contributed by atoms with E-state index in [4.69, 9.17) is 9.47 Å². The van der Waals surface area contributed by atoms with E-state index in [9.17, 15) is 5.11 Å². The van der Waals surface area contributed by atoms with Gasteiger partial charge in [-0.3, -0.25) is 9.58 Å². The van der Waals surface area contributed by atoms with Crippen LogP contribution in [-0.4, -0.2) is 71.2 Å². The second-order valence-electron chi connectivity index (χ2n) is 8.02. The van der Waals surface area contributed by atoms with Crippen LogP contribution in [0.25, 0.3) is 0 Å². The summed E-state index contributed by atoms with van der Waals surface area (Å²) in [6, 6.07) is 7.99. The lowest BCUT2D eigenvalue weighted by Gasteiger charge is -2.22. The van der Waals surface area contributed by atoms with Crippen molar-refractivity contribution in [3.63, 3.8) is 0 Å². The molecular formula is C22H34N4O3. The van der Waals surface area contributed by atoms with Gasteiger partial charge in [-0.15, -0.1) is 0 Å². The van der Waals surface area contributed by atoms with Crippen LogP contribution in [0.3, 0.4) is 0 Å². The maximum atomic E-state index is 10.4. The first-order valence-corrected chi connectivity index (χ1v) is 10.3. The Balaban J connectivity index is 1.62. The first-order valence-electron chi connectivity index (χ1n) is 10.3. The van der Waals surface area contributed by atoms with Crippen LogP contribution >= 0.6 is 0 Å². The third kappa shape index (κ3) is 6.19. The molecule has 1 fully saturated rings. The predicted molar refractivity (Wildman–Crippen MR) is 113 cm³/mol. The highest BCUT2D eigenvalue weighted by atomic mass is 16.5. The summed E-state index contributed by atoms with van der Waals surface area (Å²) in [7, 11) is 5.70. The standard InChI is InChI=1S/C22H34N4O3/c1-17-11-19(25(3)23-17)14-24(2)13-18-7-8-21(28-4)12-22(18)29-16-20(27)15-26-9-5-6-10-26/h7-8,11-12,20,27H,5-6,9-10,13-16H2,1-4H3. The molecule has 1 atom stereocenters. The van der Waals surface area contributed by atoms with Gasteiger partial charge in [-0.05, 0) is 52.0 Å². The Morgan fingerprint density at radius 2 is 1.97 bits per heavy atom. The topological polar surface area (TPSA) is 63.0 Å². The van der Waals surface area contributed by atoms with Gasteiger partial charge in [-0.25, -0.2) is 0 Å². The Kier molecular flexibility index (Phi) is 7.52. The molecule has 7 nitrogen and oxygen atoms in total. The summed E-state index contributed by atoms with van der Waals surface area (Å²) >= 11 is 0. The molecule has 1 aliphatic rings. The number of aryl methyl sites for hydroxylation is 2. The predicted octanol–water partition coefficient (Wildman–Crippen LogP) is 2.20. The summed E-state index contributed by atoms with van der Waals surface area (Å²) in [6.07, 6.45) is 1.94. The van der Waals surface area contributed by atoms with Gasteiger partial charge in [0.2, 0.25) is 0 Å². The van der Waals surface area contributed by atoms with Crippen LogP contribution in [0.15, 0.2) is 24.3 Å². The summed E-state index contributed by atoms with van der Waals surface area (Å²) in [4.78, 5) is 4.52. The van der Waals surface area contributed by atoms with Gasteiger partial charge in [0, 0.05) is 38.3 Å². The van der Waals surface area contributed by atoms with Crippen LogP contribution in [0, 0.1) is 6.92 Å². The largest absolute Gasteiger partial charge is 0.497 e. The molecule has 0 bridgehead atoms. The maximum absolute atomic E-state index is 10.4. The van der Waals surface area contributed by atoms with Crippen molar-refractivity contribution in [1.29, 1.82) is 0 Å². The highest BCUT2D eigenvalue weighted by Crippen LogP contribution is 2.26. The molecule has 1 aromatic heterocycles. The molecule has 0 saturated carbocycles. The van der Waals surface area contributed by atoms with E-state index >= 15 is 0 Å². The fourth-order valence-corrected chi connectivity index (χ4v) is 3.86. The number of β-amino-alcohol motifs (C(OH)–C–C–N with tert-alkyl or cyclic N) is 1. The molecular weight excluding hydrogens is 368 g/mol. The Hall–Kier alpha value is -2.09. The lowest BCUT2D eigenvalue weighted by atomic mass is 10.1. The normalized spacial score (nSPS) is 15.8. The molecule has 29 heavy (non-hydrogen) atoms. The van der Waals surface area contributed by atoms with Crippen molar-refractivity contribution in [3.8, 4) is 11.5 Å². The number of methoxy groups -OCH3 is 1. The van der Waals surface area contributed by atoms with Crippen LogP contribution in [0.2, 0.25) is 0 Å². The van der Waals surface area contributed by atoms with Gasteiger partial charge in [-0.2, -0.15) is 5.10 Å². The number of hydrogen-bond donors (Lipinski definition) is 1. The molecule has 3 rings (SSSR count). The molecule has 1 unspecified atom stereocenters. The highest BCUT2D eigenvalue weighted by molar-refractivity contribution is 5.40. The summed E-state index contributed by atoms with van der Waals surface area (Å²) in [5.41, 5.74) is 3.26. The minimum Gasteiger partial charge on any atom is -0.497 e. The van der Waals surface area contributed by atoms with Crippen molar-refractivity contribution in [1.82, 2.24) is 19.6 Å². The lowest BCUT2D eigenvalue weighted by molar-refractivity contribution is 0.0750. The van der Waals surface area contributed by atoms with E-state index in [0.717, 1.165) is 48.9 Å². The monoisotopic (exact) mass is 402 g/mol. The molecule has 0 aliphatic carbocycles. The Morgan fingerprint density at radius 1 is 1.21 bits per heavy atom. The van der Waals surface area contributed by atoms with Gasteiger partial charge < -0.3 is 19.5 Å². The number of hydrogen-bond acceptors (Lipinski definition) is 6. The molecule has 2 aromatic rings. The average Bonchev–Trinajstić information content (AvgIpc) is 3.30. The Bertz CT molecular complexity index is 786. The fourth-order valence-electron chi connectivity index (χ4n) is 3.86. The molecule has 1 N–H and O–H groups in total. The van der Waals surface area contributed by atoms with Crippen molar-refractivity contribution in [3.05, 3.63) is 41.2 Å². The van der Waals surface area contributed by atoms with E-state index in [0.29, 0.717) is 6.54 Å². The number of ether oxygens (including phenoxy) is 2. The van der Waals surface area contributed by atoms with E-state index in [-0.39, 0.29) is 6.61 Å². The minimum atomic E-state index is -0.498. The molecule has 1 saturated heterocycles. The first kappa shape index (κ1) is 21.6. The summed E-state index contributed by atoms with van der Waals surface area (Å²) in [5, 5.41) is 14.8. The van der Waals surface area contributed by atoms with Crippen LogP contribution in [0.1, 0.15) is 29.8 Å². The Labute approximate surface area is 173 Å². The van der Waals surface area contributed by atoms with E-state index in [2.05, 4.69) is 28.0 Å². The zero-order valence-electron chi connectivity index (χ0n) is 18.1. The second kappa shape index (κ2) is 10.1. The van der Waals surface area contributed by atoms with Crippen molar-refractivity contribution in [2.45, 2.75) is 39.0 Å². The third-order valence-electron chi connectivity index (χ3n) is 5.34. The van der Waals surface area contributed by atoms with Gasteiger partial charge in [-0.1, -0.05) is 6.07 Å². The van der Waals surface area contributed by atoms with Crippen molar-refractivity contribution in [2.24, 2.45) is 7.05 Å².